The molecule has 1 N–H and O–H groups in total. The van der Waals surface area contributed by atoms with Gasteiger partial charge in [-0.15, -0.1) is 0 Å². The van der Waals surface area contributed by atoms with Gasteiger partial charge in [-0.3, -0.25) is 4.68 Å². The van der Waals surface area contributed by atoms with Crippen molar-refractivity contribution in [2.24, 2.45) is 0 Å². The van der Waals surface area contributed by atoms with Crippen LogP contribution in [0.2, 0.25) is 5.02 Å². The van der Waals surface area contributed by atoms with Crippen molar-refractivity contribution in [2.45, 2.75) is 19.6 Å². The van der Waals surface area contributed by atoms with E-state index in [-0.39, 0.29) is 0 Å². The minimum atomic E-state index is -0.777. The van der Waals surface area contributed by atoms with Crippen LogP contribution < -0.4 is 0 Å². The Labute approximate surface area is 113 Å². The smallest absolute Gasteiger partial charge is 0.123 e. The first-order valence-corrected chi connectivity index (χ1v) is 6.46. The fraction of sp³-hybridized carbons (Fsp3) is 0.250. The van der Waals surface area contributed by atoms with Gasteiger partial charge in [0.05, 0.1) is 16.9 Å². The van der Waals surface area contributed by atoms with Crippen molar-refractivity contribution >= 4 is 27.5 Å². The summed E-state index contributed by atoms with van der Waals surface area (Å²) in [5.41, 5.74) is 1.41. The van der Waals surface area contributed by atoms with Crippen LogP contribution in [0, 0.1) is 0 Å². The van der Waals surface area contributed by atoms with Gasteiger partial charge in [0, 0.05) is 16.6 Å². The van der Waals surface area contributed by atoms with Crippen molar-refractivity contribution in [1.82, 2.24) is 9.78 Å². The first kappa shape index (κ1) is 12.6. The highest BCUT2D eigenvalue weighted by Crippen LogP contribution is 2.32. The molecule has 2 aromatic rings. The second kappa shape index (κ2) is 5.21. The van der Waals surface area contributed by atoms with E-state index in [0.717, 1.165) is 10.0 Å². The largest absolute Gasteiger partial charge is 0.382 e. The molecule has 0 radical (unpaired) electrons. The van der Waals surface area contributed by atoms with Gasteiger partial charge < -0.3 is 5.11 Å². The Kier molecular flexibility index (Phi) is 3.86. The lowest BCUT2D eigenvalue weighted by Gasteiger charge is -2.14. The molecule has 90 valence electrons. The summed E-state index contributed by atoms with van der Waals surface area (Å²) in [4.78, 5) is 0. The highest BCUT2D eigenvalue weighted by molar-refractivity contribution is 9.10. The Hall–Kier alpha value is -0.840. The van der Waals surface area contributed by atoms with Crippen molar-refractivity contribution < 1.29 is 5.11 Å². The molecule has 0 saturated carbocycles. The zero-order valence-corrected chi connectivity index (χ0v) is 11.6. The maximum Gasteiger partial charge on any atom is 0.123 e. The monoisotopic (exact) mass is 314 g/mol. The molecule has 0 saturated heterocycles. The third-order valence-corrected chi connectivity index (χ3v) is 3.60. The Bertz CT molecular complexity index is 527. The van der Waals surface area contributed by atoms with Gasteiger partial charge in [0.2, 0.25) is 0 Å². The van der Waals surface area contributed by atoms with Crippen LogP contribution in [0.4, 0.5) is 0 Å². The molecule has 0 amide bonds. The molecule has 1 atom stereocenters. The van der Waals surface area contributed by atoms with Crippen molar-refractivity contribution in [3.8, 4) is 0 Å². The Balaban J connectivity index is 2.47. The van der Waals surface area contributed by atoms with E-state index in [0.29, 0.717) is 17.3 Å². The van der Waals surface area contributed by atoms with Gasteiger partial charge in [-0.05, 0) is 13.0 Å². The number of rotatable bonds is 3. The summed E-state index contributed by atoms with van der Waals surface area (Å²) in [6.07, 6.45) is 0.779. The molecule has 0 bridgehead atoms. The highest BCUT2D eigenvalue weighted by Gasteiger charge is 2.20. The van der Waals surface area contributed by atoms with E-state index in [9.17, 15) is 5.11 Å². The molecule has 0 aliphatic heterocycles. The zero-order chi connectivity index (χ0) is 12.4. The van der Waals surface area contributed by atoms with E-state index in [4.69, 9.17) is 11.6 Å². The van der Waals surface area contributed by atoms with Crippen LogP contribution >= 0.6 is 27.5 Å². The van der Waals surface area contributed by atoms with Crippen molar-refractivity contribution in [1.29, 1.82) is 0 Å². The summed E-state index contributed by atoms with van der Waals surface area (Å²) in [6, 6.07) is 7.53. The lowest BCUT2D eigenvalue weighted by molar-refractivity contribution is 0.207. The Morgan fingerprint density at radius 2 is 2.18 bits per heavy atom. The average Bonchev–Trinajstić information content (AvgIpc) is 2.70. The molecular weight excluding hydrogens is 304 g/mol. The summed E-state index contributed by atoms with van der Waals surface area (Å²) in [5, 5.41) is 15.0. The SMILES string of the molecule is CCn1ncc(Cl)c1C(O)c1ccccc1Br. The predicted octanol–water partition coefficient (Wildman–Crippen LogP) is 3.40. The first-order valence-electron chi connectivity index (χ1n) is 5.28. The standard InChI is InChI=1S/C12H12BrClN2O/c1-2-16-11(10(14)7-15-16)12(17)8-5-3-4-6-9(8)13/h3-7,12,17H,2H2,1H3. The number of nitrogens with zero attached hydrogens (tertiary/aromatic N) is 2. The summed E-state index contributed by atoms with van der Waals surface area (Å²) in [5.74, 6) is 0. The summed E-state index contributed by atoms with van der Waals surface area (Å²) < 4.78 is 2.55. The van der Waals surface area contributed by atoms with Crippen molar-refractivity contribution in [3.05, 3.63) is 51.2 Å². The maximum atomic E-state index is 10.4. The molecule has 3 nitrogen and oxygen atoms in total. The molecule has 0 aliphatic carbocycles. The van der Waals surface area contributed by atoms with E-state index < -0.39 is 6.10 Å². The van der Waals surface area contributed by atoms with E-state index in [2.05, 4.69) is 21.0 Å². The highest BCUT2D eigenvalue weighted by atomic mass is 79.9. The minimum absolute atomic E-state index is 0.482. The van der Waals surface area contributed by atoms with Gasteiger partial charge in [-0.25, -0.2) is 0 Å². The molecule has 17 heavy (non-hydrogen) atoms. The number of hydrogen-bond donors (Lipinski definition) is 1. The van der Waals surface area contributed by atoms with Crippen LogP contribution in [-0.4, -0.2) is 14.9 Å². The van der Waals surface area contributed by atoms with Crippen LogP contribution in [0.25, 0.3) is 0 Å². The normalized spacial score (nSPS) is 12.7. The maximum absolute atomic E-state index is 10.4. The van der Waals surface area contributed by atoms with Gasteiger partial charge in [0.1, 0.15) is 6.10 Å². The van der Waals surface area contributed by atoms with Gasteiger partial charge in [-0.1, -0.05) is 45.7 Å². The molecule has 2 rings (SSSR count). The molecule has 5 heteroatoms. The molecule has 1 aromatic heterocycles. The van der Waals surface area contributed by atoms with Gasteiger partial charge in [0.25, 0.3) is 0 Å². The lowest BCUT2D eigenvalue weighted by atomic mass is 10.1. The third-order valence-electron chi connectivity index (χ3n) is 2.59. The first-order chi connectivity index (χ1) is 8.15. The summed E-state index contributed by atoms with van der Waals surface area (Å²) >= 11 is 9.48. The fourth-order valence-corrected chi connectivity index (χ4v) is 2.49. The number of benzene rings is 1. The topological polar surface area (TPSA) is 38.0 Å². The number of aliphatic hydroxyl groups excluding tert-OH is 1. The van der Waals surface area contributed by atoms with Gasteiger partial charge >= 0.3 is 0 Å². The number of aliphatic hydroxyl groups is 1. The third kappa shape index (κ3) is 2.39. The minimum Gasteiger partial charge on any atom is -0.382 e. The molecule has 1 aromatic carbocycles. The van der Waals surface area contributed by atoms with Crippen molar-refractivity contribution in [3.63, 3.8) is 0 Å². The Morgan fingerprint density at radius 1 is 1.47 bits per heavy atom. The predicted molar refractivity (Wildman–Crippen MR) is 71.1 cm³/mol. The van der Waals surface area contributed by atoms with E-state index in [1.807, 2.05) is 31.2 Å². The number of halogens is 2. The number of aryl methyl sites for hydroxylation is 1. The lowest BCUT2D eigenvalue weighted by Crippen LogP contribution is -2.10. The van der Waals surface area contributed by atoms with Crippen LogP contribution in [0.15, 0.2) is 34.9 Å². The number of hydrogen-bond acceptors (Lipinski definition) is 2. The molecule has 0 fully saturated rings. The molecular formula is C12H12BrClN2O. The van der Waals surface area contributed by atoms with Crippen LogP contribution in [0.3, 0.4) is 0 Å². The second-order valence-corrected chi connectivity index (χ2v) is 4.88. The molecule has 0 spiro atoms. The summed E-state index contributed by atoms with van der Waals surface area (Å²) in [7, 11) is 0. The van der Waals surface area contributed by atoms with Crippen LogP contribution in [-0.2, 0) is 6.54 Å². The molecule has 1 unspecified atom stereocenters. The van der Waals surface area contributed by atoms with E-state index in [1.165, 1.54) is 0 Å². The van der Waals surface area contributed by atoms with Crippen LogP contribution in [0.1, 0.15) is 24.3 Å². The molecule has 0 aliphatic rings. The van der Waals surface area contributed by atoms with E-state index >= 15 is 0 Å². The molecule has 1 heterocycles. The fourth-order valence-electron chi connectivity index (χ4n) is 1.74. The zero-order valence-electron chi connectivity index (χ0n) is 9.27. The average molecular weight is 316 g/mol. The number of aromatic nitrogens is 2. The van der Waals surface area contributed by atoms with Crippen LogP contribution in [0.5, 0.6) is 0 Å². The quantitative estimate of drug-likeness (QED) is 0.942. The van der Waals surface area contributed by atoms with E-state index in [1.54, 1.807) is 10.9 Å². The summed E-state index contributed by atoms with van der Waals surface area (Å²) in [6.45, 7) is 2.63. The van der Waals surface area contributed by atoms with Crippen molar-refractivity contribution in [2.75, 3.05) is 0 Å². The van der Waals surface area contributed by atoms with Gasteiger partial charge in [0.15, 0.2) is 0 Å². The van der Waals surface area contributed by atoms with Gasteiger partial charge in [-0.2, -0.15) is 5.10 Å². The second-order valence-electron chi connectivity index (χ2n) is 3.62. The Morgan fingerprint density at radius 3 is 2.82 bits per heavy atom.